The molecule has 3 aromatic heterocycles. The van der Waals surface area contributed by atoms with Crippen molar-refractivity contribution in [3.05, 3.63) is 318 Å². The van der Waals surface area contributed by atoms with Crippen LogP contribution in [0.1, 0.15) is 80.5 Å². The van der Waals surface area contributed by atoms with Gasteiger partial charge in [-0.05, 0) is 232 Å². The van der Waals surface area contributed by atoms with E-state index < -0.39 is 0 Å². The van der Waals surface area contributed by atoms with E-state index in [0.717, 1.165) is 34.0 Å². The topological polar surface area (TPSA) is 14.7 Å². The average Bonchev–Trinajstić information content (AvgIpc) is 0.891. The Hall–Kier alpha value is -11.0. The van der Waals surface area contributed by atoms with Crippen molar-refractivity contribution in [3.8, 4) is 48.8 Å². The maximum absolute atomic E-state index is 2.68. The van der Waals surface area contributed by atoms with Crippen molar-refractivity contribution in [2.24, 2.45) is 0 Å². The van der Waals surface area contributed by atoms with Crippen LogP contribution in [0.4, 0.5) is 51.2 Å². The summed E-state index contributed by atoms with van der Waals surface area (Å²) in [6, 6.07) is 106. The van der Waals surface area contributed by atoms with E-state index in [9.17, 15) is 0 Å². The largest absolute Gasteiger partial charge is 0.311 e. The van der Waals surface area contributed by atoms with Crippen molar-refractivity contribution in [2.75, 3.05) is 14.7 Å². The quantitative estimate of drug-likeness (QED) is 0.127. The van der Waals surface area contributed by atoms with Gasteiger partial charge in [-0.3, -0.25) is 0 Å². The molecule has 16 aromatic rings. The van der Waals surface area contributed by atoms with Gasteiger partial charge in [-0.15, -0.1) is 22.7 Å². The highest BCUT2D eigenvalue weighted by Crippen LogP contribution is 2.54. The SMILES string of the molecule is Cc1cc2c3c(c1)N(c1c(C)cc(-c4sc5ccccc5c4-c4ccccc4)cc1C)c1cc(N(c4ccc(C(C)(C)C)cc4)c4ccc5c6ccccc6n(-c6ccccc6)c5c4)ccc1B3c1cc(C(C)(C)C)ccc1N2c1c(C)cc(-c2sc3ccccc3c2-c2ccccc2)cc1C. The molecule has 0 bridgehead atoms. The zero-order chi connectivity index (χ0) is 69.6. The Morgan fingerprint density at radius 1 is 0.333 bits per heavy atom. The Bertz CT molecular complexity index is 6000. The standard InChI is InChI=1S/C95H79BN4S2/c1-58-49-83-89-84(50-58)100(91-61(4)53-66(54-62(91)5)93-88(64-29-17-13-18-30-64)76-35-23-26-38-86(76)102-93)82-57-72(97(70-42-39-67(40-43-70)94(6,7)8)71-44-46-74-73-33-21-24-36-79(73)98(81(74)56-71)69-31-19-14-20-32-69)45-47-77(82)96(89)78-55-68(95(9,10)11)41-48-80(78)99(83)90-59(2)51-65(52-60(90)3)92-87(63-27-15-12-16-28-63)75-34-22-25-37-85(75)101-92/h12-57H,1-11H3. The van der Waals surface area contributed by atoms with Crippen LogP contribution in [-0.4, -0.2) is 11.3 Å². The van der Waals surface area contributed by atoms with Crippen molar-refractivity contribution in [2.45, 2.75) is 87.0 Å². The monoisotopic (exact) mass is 1350 g/mol. The third kappa shape index (κ3) is 10.3. The summed E-state index contributed by atoms with van der Waals surface area (Å²) in [6.07, 6.45) is 0. The van der Waals surface area contributed by atoms with Gasteiger partial charge in [0.1, 0.15) is 0 Å². The summed E-state index contributed by atoms with van der Waals surface area (Å²) in [5, 5.41) is 5.03. The van der Waals surface area contributed by atoms with Gasteiger partial charge in [0, 0.05) is 97.3 Å². The van der Waals surface area contributed by atoms with Crippen LogP contribution in [0.15, 0.2) is 279 Å². The average molecular weight is 1350 g/mol. The zero-order valence-electron chi connectivity index (χ0n) is 59.7. The number of hydrogen-bond acceptors (Lipinski definition) is 5. The fourth-order valence-electron chi connectivity index (χ4n) is 16.9. The second-order valence-electron chi connectivity index (χ2n) is 30.4. The molecule has 0 unspecified atom stereocenters. The van der Waals surface area contributed by atoms with E-state index in [1.807, 2.05) is 22.7 Å². The van der Waals surface area contributed by atoms with Crippen LogP contribution < -0.4 is 31.1 Å². The fourth-order valence-corrected chi connectivity index (χ4v) is 19.3. The van der Waals surface area contributed by atoms with Gasteiger partial charge in [0.05, 0.1) is 22.4 Å². The number of hydrogen-bond donors (Lipinski definition) is 0. The summed E-state index contributed by atoms with van der Waals surface area (Å²) in [5.74, 6) is 0. The molecule has 2 aliphatic rings. The molecule has 102 heavy (non-hydrogen) atoms. The van der Waals surface area contributed by atoms with Crippen molar-refractivity contribution >= 4 is 139 Å². The highest BCUT2D eigenvalue weighted by molar-refractivity contribution is 7.23. The Labute approximate surface area is 607 Å². The minimum absolute atomic E-state index is 0.0349. The number of nitrogens with zero attached hydrogens (tertiary/aromatic N) is 4. The molecule has 494 valence electrons. The molecule has 0 atom stereocenters. The first kappa shape index (κ1) is 63.2. The zero-order valence-corrected chi connectivity index (χ0v) is 61.4. The van der Waals surface area contributed by atoms with Gasteiger partial charge in [0.25, 0.3) is 6.71 Å². The van der Waals surface area contributed by atoms with Crippen molar-refractivity contribution in [3.63, 3.8) is 0 Å². The molecule has 2 aliphatic heterocycles. The predicted molar refractivity (Wildman–Crippen MR) is 443 cm³/mol. The lowest BCUT2D eigenvalue weighted by molar-refractivity contribution is 0.590. The highest BCUT2D eigenvalue weighted by Gasteiger charge is 2.45. The highest BCUT2D eigenvalue weighted by atomic mass is 32.1. The Morgan fingerprint density at radius 3 is 1.33 bits per heavy atom. The summed E-state index contributed by atoms with van der Waals surface area (Å²) in [5.41, 5.74) is 33.9. The lowest BCUT2D eigenvalue weighted by Crippen LogP contribution is -2.61. The van der Waals surface area contributed by atoms with Crippen LogP contribution >= 0.6 is 22.7 Å². The number of anilines is 9. The molecular formula is C95H79BN4S2. The number of thiophene rings is 2. The van der Waals surface area contributed by atoms with Gasteiger partial charge in [-0.25, -0.2) is 0 Å². The molecule has 4 nitrogen and oxygen atoms in total. The van der Waals surface area contributed by atoms with Crippen LogP contribution in [0.25, 0.3) is 90.8 Å². The molecule has 0 saturated carbocycles. The maximum atomic E-state index is 2.68. The molecule has 0 N–H and O–H groups in total. The van der Waals surface area contributed by atoms with Gasteiger partial charge in [0.2, 0.25) is 0 Å². The van der Waals surface area contributed by atoms with Crippen LogP contribution in [0.3, 0.4) is 0 Å². The van der Waals surface area contributed by atoms with Crippen molar-refractivity contribution < 1.29 is 0 Å². The van der Waals surface area contributed by atoms with E-state index in [2.05, 4.69) is 374 Å². The van der Waals surface area contributed by atoms with Crippen LogP contribution in [0.2, 0.25) is 0 Å². The van der Waals surface area contributed by atoms with E-state index >= 15 is 0 Å². The molecule has 0 radical (unpaired) electrons. The first-order valence-electron chi connectivity index (χ1n) is 35.8. The van der Waals surface area contributed by atoms with Crippen LogP contribution in [0.5, 0.6) is 0 Å². The number of aromatic nitrogens is 1. The molecule has 13 aromatic carbocycles. The summed E-state index contributed by atoms with van der Waals surface area (Å²) in [7, 11) is 0. The van der Waals surface area contributed by atoms with E-state index in [1.165, 1.54) is 163 Å². The summed E-state index contributed by atoms with van der Waals surface area (Å²) in [6.45, 7) is 25.6. The number of aryl methyl sites for hydroxylation is 5. The molecule has 0 amide bonds. The van der Waals surface area contributed by atoms with Crippen LogP contribution in [0, 0.1) is 34.6 Å². The fraction of sp³-hybridized carbons (Fsp3) is 0.137. The molecule has 0 fully saturated rings. The van der Waals surface area contributed by atoms with Gasteiger partial charge in [-0.2, -0.15) is 0 Å². The molecule has 0 aliphatic carbocycles. The maximum Gasteiger partial charge on any atom is 0.252 e. The molecule has 18 rings (SSSR count). The smallest absolute Gasteiger partial charge is 0.252 e. The molecule has 0 spiro atoms. The first-order chi connectivity index (χ1) is 49.4. The van der Waals surface area contributed by atoms with Gasteiger partial charge >= 0.3 is 0 Å². The van der Waals surface area contributed by atoms with E-state index in [0.29, 0.717) is 0 Å². The Morgan fingerprint density at radius 2 is 0.784 bits per heavy atom. The number of benzene rings is 13. The Balaban J connectivity index is 0.892. The summed E-state index contributed by atoms with van der Waals surface area (Å²) in [4.78, 5) is 10.4. The van der Waals surface area contributed by atoms with E-state index in [-0.39, 0.29) is 17.5 Å². The minimum atomic E-state index is -0.126. The summed E-state index contributed by atoms with van der Waals surface area (Å²) >= 11 is 3.80. The molecule has 7 heteroatoms. The van der Waals surface area contributed by atoms with Crippen molar-refractivity contribution in [1.29, 1.82) is 0 Å². The number of rotatable bonds is 10. The molecule has 0 saturated heterocycles. The van der Waals surface area contributed by atoms with Gasteiger partial charge in [-0.1, -0.05) is 211 Å². The molecular weight excluding hydrogens is 1270 g/mol. The number of fused-ring (bicyclic) bond motifs is 9. The third-order valence-corrected chi connectivity index (χ3v) is 24.0. The second kappa shape index (κ2) is 24.1. The predicted octanol–water partition coefficient (Wildman–Crippen LogP) is 25.6. The van der Waals surface area contributed by atoms with Gasteiger partial charge < -0.3 is 19.3 Å². The molecule has 5 heterocycles. The van der Waals surface area contributed by atoms with Crippen LogP contribution in [-0.2, 0) is 10.8 Å². The van der Waals surface area contributed by atoms with E-state index in [4.69, 9.17) is 0 Å². The minimum Gasteiger partial charge on any atom is -0.311 e. The first-order valence-corrected chi connectivity index (χ1v) is 37.5. The lowest BCUT2D eigenvalue weighted by Gasteiger charge is -2.46. The van der Waals surface area contributed by atoms with Crippen molar-refractivity contribution in [1.82, 2.24) is 4.57 Å². The van der Waals surface area contributed by atoms with E-state index in [1.54, 1.807) is 0 Å². The van der Waals surface area contributed by atoms with Gasteiger partial charge in [0.15, 0.2) is 0 Å². The lowest BCUT2D eigenvalue weighted by atomic mass is 9.33. The number of para-hydroxylation sites is 2. The summed E-state index contributed by atoms with van der Waals surface area (Å²) < 4.78 is 5.02. The third-order valence-electron chi connectivity index (χ3n) is 21.5. The normalized spacial score (nSPS) is 12.8. The second-order valence-corrected chi connectivity index (χ2v) is 32.5. The Kier molecular flexibility index (Phi) is 15.0.